The van der Waals surface area contributed by atoms with Gasteiger partial charge in [0.2, 0.25) is 5.91 Å². The molecule has 1 aliphatic heterocycles. The molecule has 1 amide bonds. The van der Waals surface area contributed by atoms with Crippen molar-refractivity contribution in [3.8, 4) is 0 Å². The summed E-state index contributed by atoms with van der Waals surface area (Å²) in [5.74, 6) is 0.673. The van der Waals surface area contributed by atoms with Crippen molar-refractivity contribution in [2.75, 3.05) is 18.0 Å². The van der Waals surface area contributed by atoms with Crippen molar-refractivity contribution in [1.82, 2.24) is 9.88 Å². The van der Waals surface area contributed by atoms with E-state index in [1.165, 1.54) is 16.2 Å². The van der Waals surface area contributed by atoms with Gasteiger partial charge in [0, 0.05) is 11.4 Å². The number of hydrogen-bond acceptors (Lipinski definition) is 6. The summed E-state index contributed by atoms with van der Waals surface area (Å²) in [5, 5.41) is 2.65. The topological polar surface area (TPSA) is 59.2 Å². The number of carbonyl (C=O) groups excluding carboxylic acids is 1. The minimum absolute atomic E-state index is 0.210. The second kappa shape index (κ2) is 6.37. The first-order chi connectivity index (χ1) is 10.1. The minimum Gasteiger partial charge on any atom is -0.375 e. The fourth-order valence-electron chi connectivity index (χ4n) is 2.59. The van der Waals surface area contributed by atoms with Gasteiger partial charge in [-0.15, -0.1) is 23.1 Å². The number of aromatic nitrogens is 1. The Kier molecular flexibility index (Phi) is 4.51. The summed E-state index contributed by atoms with van der Waals surface area (Å²) in [5.41, 5.74) is 6.62. The van der Waals surface area contributed by atoms with Crippen molar-refractivity contribution >= 4 is 45.5 Å². The van der Waals surface area contributed by atoms with Crippen LogP contribution < -0.4 is 5.73 Å². The predicted octanol–water partition coefficient (Wildman–Crippen LogP) is 3.55. The number of aryl methyl sites for hydroxylation is 1. The lowest BCUT2D eigenvalue weighted by Crippen LogP contribution is -2.31. The van der Waals surface area contributed by atoms with Crippen LogP contribution in [0.1, 0.15) is 29.5 Å². The highest BCUT2D eigenvalue weighted by atomic mass is 32.2. The Morgan fingerprint density at radius 2 is 2.48 bits per heavy atom. The molecule has 0 spiro atoms. The second-order valence-electron chi connectivity index (χ2n) is 4.97. The third-order valence-corrected chi connectivity index (χ3v) is 6.85. The zero-order valence-electron chi connectivity index (χ0n) is 11.7. The van der Waals surface area contributed by atoms with Gasteiger partial charge in [0.1, 0.15) is 0 Å². The Labute approximate surface area is 136 Å². The molecule has 3 rings (SSSR count). The van der Waals surface area contributed by atoms with Crippen molar-refractivity contribution in [2.24, 2.45) is 0 Å². The van der Waals surface area contributed by atoms with Crippen molar-refractivity contribution < 1.29 is 4.79 Å². The first-order valence-corrected chi connectivity index (χ1v) is 9.52. The molecule has 1 saturated heterocycles. The number of nitrogens with zero attached hydrogens (tertiary/aromatic N) is 2. The maximum atomic E-state index is 12.5. The SMILES string of the molecule is Cc1nc(N)sc1SCC(=O)N1CCCC1c1cccs1. The van der Waals surface area contributed by atoms with Crippen LogP contribution in [0.5, 0.6) is 0 Å². The fraction of sp³-hybridized carbons (Fsp3) is 0.429. The number of hydrogen-bond donors (Lipinski definition) is 1. The second-order valence-corrected chi connectivity index (χ2v) is 8.23. The molecule has 0 saturated carbocycles. The fourth-order valence-corrected chi connectivity index (χ4v) is 5.37. The molecule has 1 aliphatic rings. The molecule has 0 bridgehead atoms. The Bertz CT molecular complexity index is 623. The van der Waals surface area contributed by atoms with Crippen molar-refractivity contribution in [3.05, 3.63) is 28.1 Å². The number of carbonyl (C=O) groups is 1. The molecule has 3 heterocycles. The van der Waals surface area contributed by atoms with Crippen molar-refractivity contribution in [3.63, 3.8) is 0 Å². The van der Waals surface area contributed by atoms with Gasteiger partial charge in [-0.2, -0.15) is 0 Å². The number of amides is 1. The van der Waals surface area contributed by atoms with E-state index >= 15 is 0 Å². The summed E-state index contributed by atoms with van der Waals surface area (Å²) < 4.78 is 1.05. The molecule has 1 atom stereocenters. The molecule has 1 unspecified atom stereocenters. The lowest BCUT2D eigenvalue weighted by Gasteiger charge is -2.23. The van der Waals surface area contributed by atoms with Gasteiger partial charge in [0.05, 0.1) is 21.7 Å². The summed E-state index contributed by atoms with van der Waals surface area (Å²) in [7, 11) is 0. The Hall–Kier alpha value is -1.05. The molecular weight excluding hydrogens is 322 g/mol. The molecule has 4 nitrogen and oxygen atoms in total. The average molecular weight is 340 g/mol. The molecule has 7 heteroatoms. The highest BCUT2D eigenvalue weighted by molar-refractivity contribution is 8.01. The maximum absolute atomic E-state index is 12.5. The standard InChI is InChI=1S/C14H17N3OS3/c1-9-13(21-14(15)16-9)20-8-12(18)17-6-2-4-10(17)11-5-3-7-19-11/h3,5,7,10H,2,4,6,8H2,1H3,(H2,15,16). The van der Waals surface area contributed by atoms with Gasteiger partial charge >= 0.3 is 0 Å². The zero-order chi connectivity index (χ0) is 14.8. The number of nitrogen functional groups attached to an aromatic ring is 1. The van der Waals surface area contributed by atoms with E-state index in [-0.39, 0.29) is 11.9 Å². The van der Waals surface area contributed by atoms with E-state index in [4.69, 9.17) is 5.73 Å². The van der Waals surface area contributed by atoms with Crippen LogP contribution in [0, 0.1) is 6.92 Å². The van der Waals surface area contributed by atoms with Crippen LogP contribution in [0.15, 0.2) is 21.7 Å². The van der Waals surface area contributed by atoms with Crippen LogP contribution >= 0.6 is 34.4 Å². The predicted molar refractivity (Wildman–Crippen MR) is 90.0 cm³/mol. The molecule has 2 N–H and O–H groups in total. The molecule has 112 valence electrons. The summed E-state index contributed by atoms with van der Waals surface area (Å²) in [6.45, 7) is 2.80. The average Bonchev–Trinajstić information content (AvgIpc) is 3.16. The van der Waals surface area contributed by atoms with E-state index in [0.717, 1.165) is 29.3 Å². The van der Waals surface area contributed by atoms with Crippen molar-refractivity contribution in [2.45, 2.75) is 30.0 Å². The van der Waals surface area contributed by atoms with Crippen LogP contribution in [0.3, 0.4) is 0 Å². The van der Waals surface area contributed by atoms with E-state index in [2.05, 4.69) is 22.5 Å². The first kappa shape index (κ1) is 14.9. The largest absolute Gasteiger partial charge is 0.375 e. The Balaban J connectivity index is 1.63. The summed E-state index contributed by atoms with van der Waals surface area (Å²) in [4.78, 5) is 20.0. The van der Waals surface area contributed by atoms with Crippen LogP contribution in [-0.4, -0.2) is 28.1 Å². The van der Waals surface area contributed by atoms with E-state index in [9.17, 15) is 4.79 Å². The summed E-state index contributed by atoms with van der Waals surface area (Å²) >= 11 is 4.75. The third kappa shape index (κ3) is 3.25. The quantitative estimate of drug-likeness (QED) is 0.866. The number of thiazole rings is 1. The molecule has 0 radical (unpaired) electrons. The lowest BCUT2D eigenvalue weighted by molar-refractivity contribution is -0.129. The van der Waals surface area contributed by atoms with E-state index in [0.29, 0.717) is 10.9 Å². The molecular formula is C14H17N3OS3. The van der Waals surface area contributed by atoms with Gasteiger partial charge in [-0.1, -0.05) is 17.4 Å². The van der Waals surface area contributed by atoms with Gasteiger partial charge in [0.25, 0.3) is 0 Å². The van der Waals surface area contributed by atoms with Crippen LogP contribution in [0.2, 0.25) is 0 Å². The number of likely N-dealkylation sites (tertiary alicyclic amines) is 1. The normalized spacial score (nSPS) is 18.3. The van der Waals surface area contributed by atoms with Gasteiger partial charge in [-0.25, -0.2) is 4.98 Å². The smallest absolute Gasteiger partial charge is 0.233 e. The van der Waals surface area contributed by atoms with Crippen LogP contribution in [0.4, 0.5) is 5.13 Å². The third-order valence-electron chi connectivity index (χ3n) is 3.54. The molecule has 21 heavy (non-hydrogen) atoms. The Morgan fingerprint density at radius 1 is 1.62 bits per heavy atom. The highest BCUT2D eigenvalue weighted by Gasteiger charge is 2.30. The van der Waals surface area contributed by atoms with Crippen LogP contribution in [0.25, 0.3) is 0 Å². The monoisotopic (exact) mass is 339 g/mol. The number of rotatable bonds is 4. The van der Waals surface area contributed by atoms with Crippen molar-refractivity contribution in [1.29, 1.82) is 0 Å². The lowest BCUT2D eigenvalue weighted by atomic mass is 10.2. The van der Waals surface area contributed by atoms with Gasteiger partial charge in [0.15, 0.2) is 5.13 Å². The Morgan fingerprint density at radius 3 is 3.14 bits per heavy atom. The number of anilines is 1. The van der Waals surface area contributed by atoms with Gasteiger partial charge in [-0.05, 0) is 31.2 Å². The molecule has 0 aromatic carbocycles. The molecule has 2 aromatic heterocycles. The molecule has 1 fully saturated rings. The molecule has 0 aliphatic carbocycles. The number of thiophene rings is 1. The van der Waals surface area contributed by atoms with Gasteiger partial charge in [-0.3, -0.25) is 4.79 Å². The summed E-state index contributed by atoms with van der Waals surface area (Å²) in [6.07, 6.45) is 2.16. The van der Waals surface area contributed by atoms with Crippen LogP contribution in [-0.2, 0) is 4.79 Å². The van der Waals surface area contributed by atoms with E-state index in [1.807, 2.05) is 11.8 Å². The zero-order valence-corrected chi connectivity index (χ0v) is 14.2. The maximum Gasteiger partial charge on any atom is 0.233 e. The number of nitrogens with two attached hydrogens (primary N) is 1. The summed E-state index contributed by atoms with van der Waals surface area (Å²) in [6, 6.07) is 4.45. The van der Waals surface area contributed by atoms with Gasteiger partial charge < -0.3 is 10.6 Å². The molecule has 2 aromatic rings. The minimum atomic E-state index is 0.210. The van der Waals surface area contributed by atoms with E-state index in [1.54, 1.807) is 23.1 Å². The highest BCUT2D eigenvalue weighted by Crippen LogP contribution is 2.36. The first-order valence-electron chi connectivity index (χ1n) is 6.83. The van der Waals surface area contributed by atoms with E-state index < -0.39 is 0 Å². The number of thioether (sulfide) groups is 1.